The van der Waals surface area contributed by atoms with Gasteiger partial charge in [0.1, 0.15) is 0 Å². The van der Waals surface area contributed by atoms with Crippen LogP contribution in [0.2, 0.25) is 0 Å². The summed E-state index contributed by atoms with van der Waals surface area (Å²) in [4.78, 5) is 11.4. The molecule has 2 rings (SSSR count). The fraction of sp³-hybridized carbons (Fsp3) is 0.278. The van der Waals surface area contributed by atoms with Gasteiger partial charge in [-0.3, -0.25) is 4.79 Å². The fourth-order valence-corrected chi connectivity index (χ4v) is 3.35. The average molecular weight is 363 g/mol. The molecule has 134 valence electrons. The van der Waals surface area contributed by atoms with Gasteiger partial charge in [0, 0.05) is 12.1 Å². The molecule has 0 spiro atoms. The number of benzene rings is 2. The number of methoxy groups -OCH3 is 2. The molecular formula is C18H21NO5S. The van der Waals surface area contributed by atoms with Gasteiger partial charge in [-0.15, -0.1) is 0 Å². The normalized spacial score (nSPS) is 11.2. The topological polar surface area (TPSA) is 81.7 Å². The summed E-state index contributed by atoms with van der Waals surface area (Å²) in [6.07, 6.45) is 0.505. The highest BCUT2D eigenvalue weighted by atomic mass is 32.2. The molecule has 0 heterocycles. The lowest BCUT2D eigenvalue weighted by molar-refractivity contribution is 0.101. The quantitative estimate of drug-likeness (QED) is 0.729. The number of carbonyl (C=O) groups is 1. The maximum absolute atomic E-state index is 12.3. The predicted octanol–water partition coefficient (Wildman–Crippen LogP) is 2.43. The second-order valence-electron chi connectivity index (χ2n) is 5.42. The minimum atomic E-state index is -3.62. The van der Waals surface area contributed by atoms with E-state index in [1.165, 1.54) is 31.2 Å². The summed E-state index contributed by atoms with van der Waals surface area (Å²) in [5, 5.41) is 0. The molecule has 0 aliphatic heterocycles. The standard InChI is InChI=1S/C18H21NO5S/c1-13(20)15-5-7-16(8-6-15)25(21,22)19-11-10-14-4-9-17(23-2)18(12-14)24-3/h4-9,12,19H,10-11H2,1-3H3. The van der Waals surface area contributed by atoms with E-state index >= 15 is 0 Å². The maximum Gasteiger partial charge on any atom is 0.240 e. The van der Waals surface area contributed by atoms with Crippen molar-refractivity contribution in [1.82, 2.24) is 4.72 Å². The number of nitrogens with one attached hydrogen (secondary N) is 1. The molecule has 0 aromatic heterocycles. The molecule has 2 aromatic carbocycles. The highest BCUT2D eigenvalue weighted by Gasteiger charge is 2.14. The molecule has 7 heteroatoms. The van der Waals surface area contributed by atoms with Crippen LogP contribution in [0.5, 0.6) is 11.5 Å². The van der Waals surface area contributed by atoms with Gasteiger partial charge in [-0.2, -0.15) is 0 Å². The Morgan fingerprint density at radius 3 is 2.20 bits per heavy atom. The van der Waals surface area contributed by atoms with Crippen molar-refractivity contribution in [2.45, 2.75) is 18.2 Å². The lowest BCUT2D eigenvalue weighted by atomic mass is 10.1. The fourth-order valence-electron chi connectivity index (χ4n) is 2.32. The summed E-state index contributed by atoms with van der Waals surface area (Å²) in [5.74, 6) is 1.12. The summed E-state index contributed by atoms with van der Waals surface area (Å²) in [6.45, 7) is 1.68. The first-order valence-corrected chi connectivity index (χ1v) is 9.17. The molecule has 0 saturated carbocycles. The number of Topliss-reactive ketones (excluding diaryl/α,β-unsaturated/α-hetero) is 1. The number of ether oxygens (including phenoxy) is 2. The van der Waals surface area contributed by atoms with Gasteiger partial charge in [-0.1, -0.05) is 18.2 Å². The van der Waals surface area contributed by atoms with Crippen LogP contribution in [-0.4, -0.2) is 35.0 Å². The van der Waals surface area contributed by atoms with Crippen LogP contribution in [0, 0.1) is 0 Å². The third kappa shape index (κ3) is 4.80. The van der Waals surface area contributed by atoms with E-state index in [2.05, 4.69) is 4.72 Å². The number of hydrogen-bond donors (Lipinski definition) is 1. The highest BCUT2D eigenvalue weighted by molar-refractivity contribution is 7.89. The van der Waals surface area contributed by atoms with Crippen molar-refractivity contribution in [1.29, 1.82) is 0 Å². The number of sulfonamides is 1. The molecule has 2 aromatic rings. The van der Waals surface area contributed by atoms with Crippen LogP contribution >= 0.6 is 0 Å². The predicted molar refractivity (Wildman–Crippen MR) is 94.9 cm³/mol. The minimum Gasteiger partial charge on any atom is -0.493 e. The second kappa shape index (κ2) is 8.13. The zero-order valence-electron chi connectivity index (χ0n) is 14.4. The van der Waals surface area contributed by atoms with Crippen LogP contribution in [0.25, 0.3) is 0 Å². The Hall–Kier alpha value is -2.38. The SMILES string of the molecule is COc1ccc(CCNS(=O)(=O)c2ccc(C(C)=O)cc2)cc1OC. The Bertz CT molecular complexity index is 844. The van der Waals surface area contributed by atoms with Crippen molar-refractivity contribution < 1.29 is 22.7 Å². The maximum atomic E-state index is 12.3. The van der Waals surface area contributed by atoms with E-state index < -0.39 is 10.0 Å². The van der Waals surface area contributed by atoms with E-state index in [1.54, 1.807) is 20.3 Å². The van der Waals surface area contributed by atoms with Crippen LogP contribution < -0.4 is 14.2 Å². The molecule has 0 unspecified atom stereocenters. The smallest absolute Gasteiger partial charge is 0.240 e. The van der Waals surface area contributed by atoms with E-state index in [0.717, 1.165) is 5.56 Å². The van der Waals surface area contributed by atoms with E-state index in [9.17, 15) is 13.2 Å². The van der Waals surface area contributed by atoms with Gasteiger partial charge < -0.3 is 9.47 Å². The van der Waals surface area contributed by atoms with Crippen LogP contribution in [0.4, 0.5) is 0 Å². The number of hydrogen-bond acceptors (Lipinski definition) is 5. The Kier molecular flexibility index (Phi) is 6.17. The Morgan fingerprint density at radius 1 is 1.00 bits per heavy atom. The van der Waals surface area contributed by atoms with Crippen molar-refractivity contribution in [3.63, 3.8) is 0 Å². The third-order valence-electron chi connectivity index (χ3n) is 3.72. The van der Waals surface area contributed by atoms with Gasteiger partial charge >= 0.3 is 0 Å². The van der Waals surface area contributed by atoms with Crippen molar-refractivity contribution in [2.75, 3.05) is 20.8 Å². The molecule has 0 saturated heterocycles. The van der Waals surface area contributed by atoms with Crippen molar-refractivity contribution in [3.8, 4) is 11.5 Å². The van der Waals surface area contributed by atoms with Gasteiger partial charge in [-0.25, -0.2) is 13.1 Å². The largest absolute Gasteiger partial charge is 0.493 e. The molecule has 0 fully saturated rings. The van der Waals surface area contributed by atoms with Gasteiger partial charge in [-0.05, 0) is 43.2 Å². The zero-order valence-corrected chi connectivity index (χ0v) is 15.2. The molecule has 0 aliphatic carbocycles. The van der Waals surface area contributed by atoms with Gasteiger partial charge in [0.15, 0.2) is 17.3 Å². The summed E-state index contributed by atoms with van der Waals surface area (Å²) < 4.78 is 37.5. The van der Waals surface area contributed by atoms with E-state index in [0.29, 0.717) is 23.5 Å². The second-order valence-corrected chi connectivity index (χ2v) is 7.18. The average Bonchev–Trinajstić information content (AvgIpc) is 2.61. The van der Waals surface area contributed by atoms with Crippen molar-refractivity contribution in [3.05, 3.63) is 53.6 Å². The monoisotopic (exact) mass is 363 g/mol. The first-order chi connectivity index (χ1) is 11.9. The van der Waals surface area contributed by atoms with E-state index in [-0.39, 0.29) is 17.2 Å². The first kappa shape index (κ1) is 19.0. The molecule has 0 atom stereocenters. The van der Waals surface area contributed by atoms with Gasteiger partial charge in [0.2, 0.25) is 10.0 Å². The molecule has 0 amide bonds. The Balaban J connectivity index is 2.01. The first-order valence-electron chi connectivity index (χ1n) is 7.69. The lowest BCUT2D eigenvalue weighted by Crippen LogP contribution is -2.26. The van der Waals surface area contributed by atoms with E-state index in [4.69, 9.17) is 9.47 Å². The molecule has 0 aliphatic rings. The van der Waals surface area contributed by atoms with Gasteiger partial charge in [0.25, 0.3) is 0 Å². The summed E-state index contributed by atoms with van der Waals surface area (Å²) in [6, 6.07) is 11.3. The van der Waals surface area contributed by atoms with Crippen LogP contribution in [-0.2, 0) is 16.4 Å². The Labute approximate surface area is 147 Å². The molecule has 0 bridgehead atoms. The molecule has 25 heavy (non-hydrogen) atoms. The van der Waals surface area contributed by atoms with Gasteiger partial charge in [0.05, 0.1) is 19.1 Å². The van der Waals surface area contributed by atoms with Crippen LogP contribution in [0.15, 0.2) is 47.4 Å². The lowest BCUT2D eigenvalue weighted by Gasteiger charge is -2.10. The summed E-state index contributed by atoms with van der Waals surface area (Å²) in [5.41, 5.74) is 1.40. The minimum absolute atomic E-state index is 0.106. The van der Waals surface area contributed by atoms with Crippen molar-refractivity contribution >= 4 is 15.8 Å². The molecular weight excluding hydrogens is 342 g/mol. The molecule has 6 nitrogen and oxygen atoms in total. The van der Waals surface area contributed by atoms with E-state index in [1.807, 2.05) is 12.1 Å². The highest BCUT2D eigenvalue weighted by Crippen LogP contribution is 2.27. The Morgan fingerprint density at radius 2 is 1.64 bits per heavy atom. The molecule has 1 N–H and O–H groups in total. The zero-order chi connectivity index (χ0) is 18.4. The number of carbonyl (C=O) groups excluding carboxylic acids is 1. The summed E-state index contributed by atoms with van der Waals surface area (Å²) in [7, 11) is -0.509. The number of ketones is 1. The third-order valence-corrected chi connectivity index (χ3v) is 5.20. The van der Waals surface area contributed by atoms with Crippen LogP contribution in [0.1, 0.15) is 22.8 Å². The van der Waals surface area contributed by atoms with Crippen LogP contribution in [0.3, 0.4) is 0 Å². The van der Waals surface area contributed by atoms with Crippen molar-refractivity contribution in [2.24, 2.45) is 0 Å². The molecule has 0 radical (unpaired) electrons. The summed E-state index contributed by atoms with van der Waals surface area (Å²) >= 11 is 0. The number of rotatable bonds is 8.